The van der Waals surface area contributed by atoms with Crippen LogP contribution in [0.4, 0.5) is 0 Å². The van der Waals surface area contributed by atoms with Crippen molar-refractivity contribution in [1.29, 1.82) is 0 Å². The first-order valence-electron chi connectivity index (χ1n) is 7.38. The first-order chi connectivity index (χ1) is 9.73. The number of nitrogens with one attached hydrogen (secondary N) is 1. The summed E-state index contributed by atoms with van der Waals surface area (Å²) in [6, 6.07) is 0. The Morgan fingerprint density at radius 1 is 1.38 bits per heavy atom. The average molecular weight is 315 g/mol. The number of nitrogens with zero attached hydrogens (tertiary/aromatic N) is 2. The molecule has 1 aromatic heterocycles. The monoisotopic (exact) mass is 315 g/mol. The fourth-order valence-corrected chi connectivity index (χ4v) is 4.36. The second kappa shape index (κ2) is 5.70. The van der Waals surface area contributed by atoms with Crippen molar-refractivity contribution < 1.29 is 13.5 Å². The quantitative estimate of drug-likeness (QED) is 0.792. The fraction of sp³-hybridized carbons (Fsp3) is 0.786. The van der Waals surface area contributed by atoms with Crippen molar-refractivity contribution in [3.63, 3.8) is 0 Å². The third-order valence-corrected chi connectivity index (χ3v) is 6.28. The summed E-state index contributed by atoms with van der Waals surface area (Å²) in [7, 11) is -3.56. The molecule has 0 saturated heterocycles. The number of hydrogen-bond donors (Lipinski definition) is 2. The lowest BCUT2D eigenvalue weighted by Crippen LogP contribution is -2.33. The molecule has 6 nitrogen and oxygen atoms in total. The van der Waals surface area contributed by atoms with Gasteiger partial charge in [0.05, 0.1) is 24.5 Å². The van der Waals surface area contributed by atoms with Gasteiger partial charge in [0, 0.05) is 6.54 Å². The highest BCUT2D eigenvalue weighted by molar-refractivity contribution is 7.89. The second-order valence-electron chi connectivity index (χ2n) is 6.29. The molecule has 2 N–H and O–H groups in total. The molecule has 1 heterocycles. The van der Waals surface area contributed by atoms with Gasteiger partial charge in [0.2, 0.25) is 10.0 Å². The molecule has 1 aliphatic rings. The van der Waals surface area contributed by atoms with Gasteiger partial charge in [0.1, 0.15) is 4.90 Å². The molecule has 1 saturated carbocycles. The molecule has 7 heteroatoms. The highest BCUT2D eigenvalue weighted by Gasteiger charge is 2.46. The molecule has 1 fully saturated rings. The molecule has 0 radical (unpaired) electrons. The molecule has 0 unspecified atom stereocenters. The van der Waals surface area contributed by atoms with Gasteiger partial charge in [-0.05, 0) is 38.0 Å². The number of rotatable bonds is 7. The molecule has 0 bridgehead atoms. The first kappa shape index (κ1) is 16.5. The van der Waals surface area contributed by atoms with Crippen LogP contribution in [0.25, 0.3) is 0 Å². The normalized spacial score (nSPS) is 17.4. The fourth-order valence-electron chi connectivity index (χ4n) is 2.81. The molecule has 1 aliphatic carbocycles. The number of hydrogen-bond acceptors (Lipinski definition) is 4. The van der Waals surface area contributed by atoms with Crippen LogP contribution in [0.5, 0.6) is 0 Å². The Kier molecular flexibility index (Phi) is 4.46. The first-order valence-corrected chi connectivity index (χ1v) is 8.86. The molecule has 21 heavy (non-hydrogen) atoms. The van der Waals surface area contributed by atoms with Crippen molar-refractivity contribution in [3.05, 3.63) is 11.4 Å². The Morgan fingerprint density at radius 2 is 2.00 bits per heavy atom. The van der Waals surface area contributed by atoms with Crippen molar-refractivity contribution in [2.24, 2.45) is 11.3 Å². The molecule has 120 valence electrons. The molecule has 0 spiro atoms. The molecular weight excluding hydrogens is 290 g/mol. The summed E-state index contributed by atoms with van der Waals surface area (Å²) >= 11 is 0. The maximum atomic E-state index is 12.6. The smallest absolute Gasteiger partial charge is 0.244 e. The van der Waals surface area contributed by atoms with E-state index in [9.17, 15) is 8.42 Å². The van der Waals surface area contributed by atoms with E-state index in [1.807, 2.05) is 0 Å². The zero-order chi connectivity index (χ0) is 15.8. The summed E-state index contributed by atoms with van der Waals surface area (Å²) in [4.78, 5) is 0.246. The summed E-state index contributed by atoms with van der Waals surface area (Å²) in [5, 5.41) is 13.2. The number of aryl methyl sites for hydroxylation is 1. The molecule has 0 amide bonds. The van der Waals surface area contributed by atoms with E-state index in [1.54, 1.807) is 18.5 Å². The van der Waals surface area contributed by atoms with Crippen LogP contribution in [0.2, 0.25) is 0 Å². The molecule has 0 aliphatic heterocycles. The third kappa shape index (κ3) is 3.14. The maximum Gasteiger partial charge on any atom is 0.244 e. The standard InChI is InChI=1S/C14H25N3O3S/c1-10(2)14(5-6-14)9-15-21(19,20)13-11(3)16-17(7-8-18)12(13)4/h10,15,18H,5-9H2,1-4H3. The summed E-state index contributed by atoms with van der Waals surface area (Å²) in [6.07, 6.45) is 2.16. The topological polar surface area (TPSA) is 84.2 Å². The van der Waals surface area contributed by atoms with Gasteiger partial charge < -0.3 is 5.11 Å². The minimum absolute atomic E-state index is 0.0642. The molecule has 2 rings (SSSR count). The van der Waals surface area contributed by atoms with Crippen LogP contribution < -0.4 is 4.72 Å². The number of sulfonamides is 1. The third-order valence-electron chi connectivity index (χ3n) is 4.63. The van der Waals surface area contributed by atoms with E-state index >= 15 is 0 Å². The number of aliphatic hydroxyl groups is 1. The lowest BCUT2D eigenvalue weighted by atomic mass is 9.93. The highest BCUT2D eigenvalue weighted by atomic mass is 32.2. The van der Waals surface area contributed by atoms with Crippen LogP contribution in [-0.2, 0) is 16.6 Å². The van der Waals surface area contributed by atoms with Gasteiger partial charge in [-0.25, -0.2) is 13.1 Å². The van der Waals surface area contributed by atoms with E-state index in [2.05, 4.69) is 23.7 Å². The van der Waals surface area contributed by atoms with E-state index in [4.69, 9.17) is 5.11 Å². The van der Waals surface area contributed by atoms with Gasteiger partial charge in [-0.2, -0.15) is 5.10 Å². The van der Waals surface area contributed by atoms with E-state index in [0.29, 0.717) is 30.4 Å². The zero-order valence-corrected chi connectivity index (χ0v) is 14.0. The van der Waals surface area contributed by atoms with Crippen molar-refractivity contribution in [2.45, 2.75) is 52.0 Å². The number of aliphatic hydroxyl groups excluding tert-OH is 1. The Balaban J connectivity index is 2.20. The van der Waals surface area contributed by atoms with E-state index in [-0.39, 0.29) is 16.9 Å². The second-order valence-corrected chi connectivity index (χ2v) is 7.99. The van der Waals surface area contributed by atoms with Crippen LogP contribution in [0.1, 0.15) is 38.1 Å². The summed E-state index contributed by atoms with van der Waals surface area (Å²) in [5.74, 6) is 0.472. The largest absolute Gasteiger partial charge is 0.394 e. The predicted octanol–water partition coefficient (Wildman–Crippen LogP) is 1.21. The number of aromatic nitrogens is 2. The Bertz CT molecular complexity index is 616. The van der Waals surface area contributed by atoms with Crippen LogP contribution in [0.15, 0.2) is 4.90 Å². The predicted molar refractivity (Wildman–Crippen MR) is 80.5 cm³/mol. The summed E-state index contributed by atoms with van der Waals surface area (Å²) < 4.78 is 29.4. The average Bonchev–Trinajstić information content (AvgIpc) is 3.11. The summed E-state index contributed by atoms with van der Waals surface area (Å²) in [5.41, 5.74) is 1.17. The van der Waals surface area contributed by atoms with Crippen molar-refractivity contribution in [2.75, 3.05) is 13.2 Å². The van der Waals surface area contributed by atoms with Gasteiger partial charge in [0.15, 0.2) is 0 Å². The van der Waals surface area contributed by atoms with Gasteiger partial charge >= 0.3 is 0 Å². The Labute approximate surface area is 126 Å². The summed E-state index contributed by atoms with van der Waals surface area (Å²) in [6.45, 7) is 8.40. The molecule has 0 aromatic carbocycles. The minimum Gasteiger partial charge on any atom is -0.394 e. The van der Waals surface area contributed by atoms with Gasteiger partial charge in [0.25, 0.3) is 0 Å². The minimum atomic E-state index is -3.56. The molecular formula is C14H25N3O3S. The van der Waals surface area contributed by atoms with E-state index in [0.717, 1.165) is 12.8 Å². The Morgan fingerprint density at radius 3 is 2.48 bits per heavy atom. The van der Waals surface area contributed by atoms with Gasteiger partial charge in [-0.3, -0.25) is 4.68 Å². The maximum absolute atomic E-state index is 12.6. The van der Waals surface area contributed by atoms with Crippen molar-refractivity contribution in [1.82, 2.24) is 14.5 Å². The van der Waals surface area contributed by atoms with Crippen LogP contribution in [0, 0.1) is 25.2 Å². The lowest BCUT2D eigenvalue weighted by molar-refractivity contribution is 0.267. The van der Waals surface area contributed by atoms with Gasteiger partial charge in [-0.15, -0.1) is 0 Å². The van der Waals surface area contributed by atoms with Crippen LogP contribution >= 0.6 is 0 Å². The Hall–Kier alpha value is -0.920. The van der Waals surface area contributed by atoms with Crippen molar-refractivity contribution in [3.8, 4) is 0 Å². The lowest BCUT2D eigenvalue weighted by Gasteiger charge is -2.20. The van der Waals surface area contributed by atoms with Gasteiger partial charge in [-0.1, -0.05) is 13.8 Å². The van der Waals surface area contributed by atoms with E-state index in [1.165, 1.54) is 0 Å². The van der Waals surface area contributed by atoms with Crippen molar-refractivity contribution >= 4 is 10.0 Å². The molecule has 1 aromatic rings. The van der Waals surface area contributed by atoms with Crippen LogP contribution in [0.3, 0.4) is 0 Å². The molecule has 0 atom stereocenters. The SMILES string of the molecule is Cc1nn(CCO)c(C)c1S(=O)(=O)NCC1(C(C)C)CC1. The van der Waals surface area contributed by atoms with Crippen LogP contribution in [-0.4, -0.2) is 36.5 Å². The zero-order valence-electron chi connectivity index (χ0n) is 13.2. The highest BCUT2D eigenvalue weighted by Crippen LogP contribution is 2.51. The van der Waals surface area contributed by atoms with E-state index < -0.39 is 10.0 Å².